The molecule has 0 bridgehead atoms. The molecule has 1 aliphatic rings. The number of methoxy groups -OCH3 is 1. The van der Waals surface area contributed by atoms with Gasteiger partial charge < -0.3 is 14.4 Å². The number of ether oxygens (including phenoxy) is 2. The molecule has 0 spiro atoms. The molecule has 1 aromatic carbocycles. The minimum Gasteiger partial charge on any atom is -0.497 e. The summed E-state index contributed by atoms with van der Waals surface area (Å²) in [7, 11) is 1.68. The van der Waals surface area contributed by atoms with Crippen LogP contribution in [0.5, 0.6) is 5.75 Å². The Labute approximate surface area is 160 Å². The van der Waals surface area contributed by atoms with Crippen LogP contribution in [0.3, 0.4) is 0 Å². The predicted molar refractivity (Wildman–Crippen MR) is 106 cm³/mol. The first-order valence-electron chi connectivity index (χ1n) is 9.11. The molecule has 2 heterocycles. The predicted octanol–water partition coefficient (Wildman–Crippen LogP) is 2.47. The first-order valence-corrected chi connectivity index (χ1v) is 9.11. The third-order valence-corrected chi connectivity index (χ3v) is 4.56. The van der Waals surface area contributed by atoms with Gasteiger partial charge in [0.15, 0.2) is 0 Å². The lowest BCUT2D eigenvalue weighted by Gasteiger charge is -2.36. The third-order valence-electron chi connectivity index (χ3n) is 4.56. The van der Waals surface area contributed by atoms with Crippen LogP contribution in [-0.2, 0) is 9.53 Å². The van der Waals surface area contributed by atoms with Crippen LogP contribution in [0.25, 0.3) is 6.08 Å². The summed E-state index contributed by atoms with van der Waals surface area (Å²) < 4.78 is 10.5. The quantitative estimate of drug-likeness (QED) is 0.554. The van der Waals surface area contributed by atoms with Gasteiger partial charge >= 0.3 is 5.97 Å². The van der Waals surface area contributed by atoms with Gasteiger partial charge in [0.2, 0.25) is 0 Å². The lowest BCUT2D eigenvalue weighted by atomic mass is 10.2. The van der Waals surface area contributed by atoms with Crippen LogP contribution >= 0.6 is 0 Å². The molecule has 0 N–H and O–H groups in total. The van der Waals surface area contributed by atoms with E-state index < -0.39 is 0 Å². The highest BCUT2D eigenvalue weighted by molar-refractivity contribution is 5.86. The topological polar surface area (TPSA) is 54.9 Å². The molecule has 0 aliphatic carbocycles. The van der Waals surface area contributed by atoms with Crippen molar-refractivity contribution in [1.82, 2.24) is 9.88 Å². The fourth-order valence-corrected chi connectivity index (χ4v) is 2.98. The van der Waals surface area contributed by atoms with Crippen molar-refractivity contribution in [3.63, 3.8) is 0 Å². The van der Waals surface area contributed by atoms with Gasteiger partial charge in [0.05, 0.1) is 7.11 Å². The molecule has 1 aromatic heterocycles. The van der Waals surface area contributed by atoms with E-state index in [1.54, 1.807) is 25.6 Å². The third kappa shape index (κ3) is 5.82. The Morgan fingerprint density at radius 2 is 1.93 bits per heavy atom. The van der Waals surface area contributed by atoms with E-state index in [-0.39, 0.29) is 5.97 Å². The standard InChI is InChI=1S/C21H25N3O3/c1-26-20-7-5-19(6-8-20)24-13-11-23(12-14-24)15-16-27-21(25)9-4-18-3-2-10-22-17-18/h2-10,17H,11-16H2,1H3/b9-4+. The summed E-state index contributed by atoms with van der Waals surface area (Å²) in [4.78, 5) is 20.5. The van der Waals surface area contributed by atoms with Gasteiger partial charge in [0, 0.05) is 56.9 Å². The van der Waals surface area contributed by atoms with Crippen molar-refractivity contribution in [2.75, 3.05) is 51.3 Å². The molecular weight excluding hydrogens is 342 g/mol. The number of piperazine rings is 1. The SMILES string of the molecule is COc1ccc(N2CCN(CCOC(=O)/C=C/c3cccnc3)CC2)cc1. The molecule has 0 atom stereocenters. The van der Waals surface area contributed by atoms with E-state index in [0.29, 0.717) is 6.61 Å². The zero-order valence-corrected chi connectivity index (χ0v) is 15.6. The molecule has 142 valence electrons. The van der Waals surface area contributed by atoms with Crippen molar-refractivity contribution in [2.24, 2.45) is 0 Å². The average Bonchev–Trinajstić information content (AvgIpc) is 2.74. The summed E-state index contributed by atoms with van der Waals surface area (Å²) in [5.74, 6) is 0.549. The lowest BCUT2D eigenvalue weighted by Crippen LogP contribution is -2.47. The van der Waals surface area contributed by atoms with Gasteiger partial charge in [-0.1, -0.05) is 6.07 Å². The van der Waals surface area contributed by atoms with Gasteiger partial charge in [0.1, 0.15) is 12.4 Å². The van der Waals surface area contributed by atoms with Crippen LogP contribution in [0.1, 0.15) is 5.56 Å². The fraction of sp³-hybridized carbons (Fsp3) is 0.333. The van der Waals surface area contributed by atoms with Gasteiger partial charge in [-0.25, -0.2) is 4.79 Å². The molecule has 6 heteroatoms. The zero-order chi connectivity index (χ0) is 18.9. The second kappa shape index (κ2) is 9.73. The largest absolute Gasteiger partial charge is 0.497 e. The average molecular weight is 367 g/mol. The monoisotopic (exact) mass is 367 g/mol. The molecule has 1 fully saturated rings. The molecule has 0 radical (unpaired) electrons. The Hall–Kier alpha value is -2.86. The van der Waals surface area contributed by atoms with Crippen LogP contribution in [0, 0.1) is 0 Å². The molecule has 3 rings (SSSR count). The van der Waals surface area contributed by atoms with E-state index in [4.69, 9.17) is 9.47 Å². The fourth-order valence-electron chi connectivity index (χ4n) is 2.98. The molecule has 0 saturated carbocycles. The van der Waals surface area contributed by atoms with Gasteiger partial charge in [-0.3, -0.25) is 9.88 Å². The van der Waals surface area contributed by atoms with E-state index >= 15 is 0 Å². The van der Waals surface area contributed by atoms with E-state index in [1.165, 1.54) is 11.8 Å². The number of nitrogens with zero attached hydrogens (tertiary/aromatic N) is 3. The zero-order valence-electron chi connectivity index (χ0n) is 15.6. The van der Waals surface area contributed by atoms with Gasteiger partial charge in [-0.05, 0) is 42.0 Å². The first-order chi connectivity index (χ1) is 13.2. The minimum absolute atomic E-state index is 0.323. The van der Waals surface area contributed by atoms with E-state index in [1.807, 2.05) is 24.3 Å². The number of pyridine rings is 1. The molecule has 27 heavy (non-hydrogen) atoms. The molecule has 6 nitrogen and oxygen atoms in total. The second-order valence-electron chi connectivity index (χ2n) is 6.31. The first kappa shape index (κ1) is 18.9. The van der Waals surface area contributed by atoms with Crippen molar-refractivity contribution < 1.29 is 14.3 Å². The number of rotatable bonds is 7. The molecule has 2 aromatic rings. The highest BCUT2D eigenvalue weighted by Gasteiger charge is 2.17. The maximum atomic E-state index is 11.8. The van der Waals surface area contributed by atoms with Crippen LogP contribution in [0.4, 0.5) is 5.69 Å². The Balaban J connectivity index is 1.35. The van der Waals surface area contributed by atoms with Crippen LogP contribution < -0.4 is 9.64 Å². The van der Waals surface area contributed by atoms with Gasteiger partial charge in [0.25, 0.3) is 0 Å². The lowest BCUT2D eigenvalue weighted by molar-refractivity contribution is -0.138. The molecule has 0 unspecified atom stereocenters. The number of esters is 1. The molecule has 1 saturated heterocycles. The number of hydrogen-bond acceptors (Lipinski definition) is 6. The van der Waals surface area contributed by atoms with Crippen molar-refractivity contribution in [3.8, 4) is 5.75 Å². The van der Waals surface area contributed by atoms with Gasteiger partial charge in [-0.15, -0.1) is 0 Å². The Morgan fingerprint density at radius 1 is 1.15 bits per heavy atom. The number of benzene rings is 1. The number of carbonyl (C=O) groups is 1. The van der Waals surface area contributed by atoms with Crippen molar-refractivity contribution in [3.05, 3.63) is 60.4 Å². The van der Waals surface area contributed by atoms with E-state index in [0.717, 1.165) is 44.0 Å². The molecule has 1 aliphatic heterocycles. The maximum Gasteiger partial charge on any atom is 0.330 e. The van der Waals surface area contributed by atoms with Crippen LogP contribution in [-0.4, -0.2) is 62.3 Å². The van der Waals surface area contributed by atoms with E-state index in [2.05, 4.69) is 26.9 Å². The number of aromatic nitrogens is 1. The highest BCUT2D eigenvalue weighted by atomic mass is 16.5. The van der Waals surface area contributed by atoms with Crippen molar-refractivity contribution in [1.29, 1.82) is 0 Å². The van der Waals surface area contributed by atoms with Crippen LogP contribution in [0.15, 0.2) is 54.9 Å². The van der Waals surface area contributed by atoms with Crippen LogP contribution in [0.2, 0.25) is 0 Å². The van der Waals surface area contributed by atoms with Crippen molar-refractivity contribution in [2.45, 2.75) is 0 Å². The van der Waals surface area contributed by atoms with Gasteiger partial charge in [-0.2, -0.15) is 0 Å². The number of anilines is 1. The number of hydrogen-bond donors (Lipinski definition) is 0. The highest BCUT2D eigenvalue weighted by Crippen LogP contribution is 2.20. The second-order valence-corrected chi connectivity index (χ2v) is 6.31. The Kier molecular flexibility index (Phi) is 6.82. The minimum atomic E-state index is -0.323. The summed E-state index contributed by atoms with van der Waals surface area (Å²) in [6, 6.07) is 11.9. The molecule has 0 amide bonds. The van der Waals surface area contributed by atoms with Crippen molar-refractivity contribution >= 4 is 17.7 Å². The summed E-state index contributed by atoms with van der Waals surface area (Å²) in [5.41, 5.74) is 2.09. The summed E-state index contributed by atoms with van der Waals surface area (Å²) >= 11 is 0. The summed E-state index contributed by atoms with van der Waals surface area (Å²) in [6.45, 7) is 4.98. The Morgan fingerprint density at radius 3 is 2.59 bits per heavy atom. The van der Waals surface area contributed by atoms with E-state index in [9.17, 15) is 4.79 Å². The Bertz CT molecular complexity index is 739. The smallest absolute Gasteiger partial charge is 0.330 e. The summed E-state index contributed by atoms with van der Waals surface area (Å²) in [6.07, 6.45) is 6.55. The normalized spacial score (nSPS) is 15.1. The maximum absolute atomic E-state index is 11.8. The number of carbonyl (C=O) groups excluding carboxylic acids is 1. The summed E-state index contributed by atoms with van der Waals surface area (Å²) in [5, 5.41) is 0. The molecular formula is C21H25N3O3.